The van der Waals surface area contributed by atoms with Crippen LogP contribution < -0.4 is 5.32 Å². The van der Waals surface area contributed by atoms with Crippen LogP contribution in [0.4, 0.5) is 0 Å². The number of nitrogens with one attached hydrogen (secondary N) is 1. The Labute approximate surface area is 124 Å². The second-order valence-electron chi connectivity index (χ2n) is 4.64. The lowest BCUT2D eigenvalue weighted by Crippen LogP contribution is -2.39. The average molecular weight is 285 g/mol. The summed E-state index contributed by atoms with van der Waals surface area (Å²) in [6.45, 7) is 7.79. The van der Waals surface area contributed by atoms with Crippen molar-refractivity contribution in [2.75, 3.05) is 54.1 Å². The van der Waals surface area contributed by atoms with Crippen molar-refractivity contribution in [3.8, 4) is 0 Å². The first-order valence-corrected chi connectivity index (χ1v) is 7.35. The number of allylic oxidation sites excluding steroid dienone is 1. The summed E-state index contributed by atoms with van der Waals surface area (Å²) in [6.07, 6.45) is 6.22. The molecular formula is C15H31N3O2. The van der Waals surface area contributed by atoms with Crippen molar-refractivity contribution in [3.63, 3.8) is 0 Å². The molecule has 0 amide bonds. The Morgan fingerprint density at radius 1 is 1.25 bits per heavy atom. The summed E-state index contributed by atoms with van der Waals surface area (Å²) in [5.74, 6) is 0.953. The molecule has 20 heavy (non-hydrogen) atoms. The van der Waals surface area contributed by atoms with Crippen LogP contribution in [-0.2, 0) is 9.47 Å². The fourth-order valence-corrected chi connectivity index (χ4v) is 1.74. The molecule has 0 aliphatic heterocycles. The van der Waals surface area contributed by atoms with E-state index in [0.717, 1.165) is 51.3 Å². The number of rotatable bonds is 12. The van der Waals surface area contributed by atoms with Gasteiger partial charge in [0.2, 0.25) is 0 Å². The summed E-state index contributed by atoms with van der Waals surface area (Å²) in [5.41, 5.74) is 0. The Balaban J connectivity index is 3.57. The van der Waals surface area contributed by atoms with E-state index in [1.54, 1.807) is 7.11 Å². The highest BCUT2D eigenvalue weighted by Crippen LogP contribution is 1.95. The van der Waals surface area contributed by atoms with Gasteiger partial charge in [-0.1, -0.05) is 6.08 Å². The Hall–Kier alpha value is -1.07. The van der Waals surface area contributed by atoms with Gasteiger partial charge in [-0.3, -0.25) is 4.99 Å². The number of hydrogen-bond donors (Lipinski definition) is 1. The average Bonchev–Trinajstić information content (AvgIpc) is 2.46. The van der Waals surface area contributed by atoms with Crippen molar-refractivity contribution in [1.29, 1.82) is 0 Å². The molecule has 0 radical (unpaired) electrons. The third-order valence-electron chi connectivity index (χ3n) is 2.91. The van der Waals surface area contributed by atoms with Gasteiger partial charge in [0.1, 0.15) is 0 Å². The first-order valence-electron chi connectivity index (χ1n) is 7.35. The van der Waals surface area contributed by atoms with Gasteiger partial charge in [-0.15, -0.1) is 6.58 Å². The number of nitrogens with zero attached hydrogens (tertiary/aromatic N) is 2. The van der Waals surface area contributed by atoms with Crippen molar-refractivity contribution >= 4 is 5.96 Å². The van der Waals surface area contributed by atoms with Gasteiger partial charge in [-0.25, -0.2) is 0 Å². The predicted octanol–water partition coefficient (Wildman–Crippen LogP) is 1.90. The Bertz CT molecular complexity index is 258. The number of aliphatic imine (C=N–C) groups is 1. The van der Waals surface area contributed by atoms with Crippen molar-refractivity contribution < 1.29 is 9.47 Å². The van der Waals surface area contributed by atoms with Gasteiger partial charge < -0.3 is 19.7 Å². The van der Waals surface area contributed by atoms with Gasteiger partial charge >= 0.3 is 0 Å². The number of methoxy groups -OCH3 is 1. The van der Waals surface area contributed by atoms with E-state index < -0.39 is 0 Å². The number of guanidine groups is 1. The van der Waals surface area contributed by atoms with E-state index in [9.17, 15) is 0 Å². The molecule has 0 aromatic heterocycles. The van der Waals surface area contributed by atoms with Crippen LogP contribution in [0.25, 0.3) is 0 Å². The predicted molar refractivity (Wildman–Crippen MR) is 85.4 cm³/mol. The molecule has 0 atom stereocenters. The Kier molecular flexibility index (Phi) is 13.6. The maximum Gasteiger partial charge on any atom is 0.193 e. The summed E-state index contributed by atoms with van der Waals surface area (Å²) >= 11 is 0. The van der Waals surface area contributed by atoms with Gasteiger partial charge in [0.05, 0.1) is 13.2 Å². The van der Waals surface area contributed by atoms with Crippen LogP contribution in [0.1, 0.15) is 25.7 Å². The van der Waals surface area contributed by atoms with Gasteiger partial charge in [0.25, 0.3) is 0 Å². The highest BCUT2D eigenvalue weighted by Gasteiger charge is 2.03. The van der Waals surface area contributed by atoms with Crippen LogP contribution in [0.3, 0.4) is 0 Å². The van der Waals surface area contributed by atoms with E-state index in [1.807, 2.05) is 13.1 Å². The Morgan fingerprint density at radius 3 is 2.70 bits per heavy atom. The lowest BCUT2D eigenvalue weighted by molar-refractivity contribution is 0.0689. The molecule has 0 aromatic rings. The zero-order chi connectivity index (χ0) is 15.1. The summed E-state index contributed by atoms with van der Waals surface area (Å²) in [4.78, 5) is 6.43. The molecule has 0 rings (SSSR count). The topological polar surface area (TPSA) is 46.1 Å². The SMILES string of the molecule is C=CCCCN(C)C(=NC)NCCCCOCCOC. The molecule has 0 aromatic carbocycles. The maximum atomic E-state index is 5.42. The van der Waals surface area contributed by atoms with Crippen LogP contribution >= 0.6 is 0 Å². The standard InChI is InChI=1S/C15H31N3O2/c1-5-6-8-11-18(3)15(16-2)17-10-7-9-12-20-14-13-19-4/h5H,1,6-14H2,2-4H3,(H,16,17). The van der Waals surface area contributed by atoms with Crippen LogP contribution in [0, 0.1) is 0 Å². The quantitative estimate of drug-likeness (QED) is 0.257. The van der Waals surface area contributed by atoms with Gasteiger partial charge in [-0.2, -0.15) is 0 Å². The number of hydrogen-bond acceptors (Lipinski definition) is 3. The normalized spacial score (nSPS) is 11.4. The van der Waals surface area contributed by atoms with E-state index in [2.05, 4.69) is 28.8 Å². The lowest BCUT2D eigenvalue weighted by Gasteiger charge is -2.21. The third kappa shape index (κ3) is 10.8. The minimum atomic E-state index is 0.667. The molecule has 0 saturated heterocycles. The van der Waals surface area contributed by atoms with Gasteiger partial charge in [-0.05, 0) is 25.7 Å². The maximum absolute atomic E-state index is 5.42. The van der Waals surface area contributed by atoms with E-state index in [1.165, 1.54) is 0 Å². The molecule has 0 aliphatic rings. The molecule has 0 heterocycles. The minimum absolute atomic E-state index is 0.667. The summed E-state index contributed by atoms with van der Waals surface area (Å²) in [6, 6.07) is 0. The fraction of sp³-hybridized carbons (Fsp3) is 0.800. The largest absolute Gasteiger partial charge is 0.382 e. The number of unbranched alkanes of at least 4 members (excludes halogenated alkanes) is 2. The molecule has 1 N–H and O–H groups in total. The lowest BCUT2D eigenvalue weighted by atomic mass is 10.3. The van der Waals surface area contributed by atoms with E-state index in [4.69, 9.17) is 9.47 Å². The van der Waals surface area contributed by atoms with Crippen molar-refractivity contribution in [2.24, 2.45) is 4.99 Å². The second kappa shape index (κ2) is 14.3. The Morgan fingerprint density at radius 2 is 2.05 bits per heavy atom. The monoisotopic (exact) mass is 285 g/mol. The molecule has 118 valence electrons. The van der Waals surface area contributed by atoms with Gasteiger partial charge in [0, 0.05) is 40.9 Å². The number of ether oxygens (including phenoxy) is 2. The van der Waals surface area contributed by atoms with Crippen molar-refractivity contribution in [1.82, 2.24) is 10.2 Å². The van der Waals surface area contributed by atoms with Crippen LogP contribution in [0.15, 0.2) is 17.6 Å². The minimum Gasteiger partial charge on any atom is -0.382 e. The third-order valence-corrected chi connectivity index (χ3v) is 2.91. The molecule has 0 bridgehead atoms. The molecular weight excluding hydrogens is 254 g/mol. The van der Waals surface area contributed by atoms with Gasteiger partial charge in [0.15, 0.2) is 5.96 Å². The first-order chi connectivity index (χ1) is 9.76. The summed E-state index contributed by atoms with van der Waals surface area (Å²) in [5, 5.41) is 3.37. The summed E-state index contributed by atoms with van der Waals surface area (Å²) in [7, 11) is 5.57. The molecule has 0 fully saturated rings. The zero-order valence-corrected chi connectivity index (χ0v) is 13.4. The van der Waals surface area contributed by atoms with Crippen molar-refractivity contribution in [2.45, 2.75) is 25.7 Å². The molecule has 0 spiro atoms. The fourth-order valence-electron chi connectivity index (χ4n) is 1.74. The molecule has 0 aliphatic carbocycles. The van der Waals surface area contributed by atoms with Crippen LogP contribution in [0.2, 0.25) is 0 Å². The smallest absolute Gasteiger partial charge is 0.193 e. The first kappa shape index (κ1) is 18.9. The highest BCUT2D eigenvalue weighted by molar-refractivity contribution is 5.79. The van der Waals surface area contributed by atoms with Crippen LogP contribution in [-0.4, -0.2) is 65.0 Å². The van der Waals surface area contributed by atoms with Crippen molar-refractivity contribution in [3.05, 3.63) is 12.7 Å². The van der Waals surface area contributed by atoms with E-state index in [0.29, 0.717) is 13.2 Å². The van der Waals surface area contributed by atoms with E-state index >= 15 is 0 Å². The second-order valence-corrected chi connectivity index (χ2v) is 4.64. The molecule has 5 nitrogen and oxygen atoms in total. The molecule has 0 saturated carbocycles. The molecule has 0 unspecified atom stereocenters. The molecule has 5 heteroatoms. The van der Waals surface area contributed by atoms with E-state index in [-0.39, 0.29) is 0 Å². The highest BCUT2D eigenvalue weighted by atomic mass is 16.5. The summed E-state index contributed by atoms with van der Waals surface area (Å²) < 4.78 is 10.3. The zero-order valence-electron chi connectivity index (χ0n) is 13.4. The van der Waals surface area contributed by atoms with Crippen LogP contribution in [0.5, 0.6) is 0 Å².